The van der Waals surface area contributed by atoms with E-state index in [4.69, 9.17) is 10.5 Å². The maximum Gasteiger partial charge on any atom is 0.234 e. The van der Waals surface area contributed by atoms with E-state index in [0.29, 0.717) is 12.4 Å². The smallest absolute Gasteiger partial charge is 0.234 e. The minimum absolute atomic E-state index is 0.110. The highest BCUT2D eigenvalue weighted by Gasteiger charge is 2.35. The monoisotopic (exact) mass is 294 g/mol. The Balaban J connectivity index is 2.98. The van der Waals surface area contributed by atoms with E-state index in [1.54, 1.807) is 6.07 Å². The van der Waals surface area contributed by atoms with Crippen LogP contribution >= 0.6 is 0 Å². The van der Waals surface area contributed by atoms with Crippen molar-refractivity contribution < 1.29 is 9.53 Å². The number of aryl methyl sites for hydroxylation is 1. The Morgan fingerprint density at radius 2 is 1.95 bits per heavy atom. The van der Waals surface area contributed by atoms with Gasteiger partial charge in [-0.3, -0.25) is 10.1 Å². The van der Waals surface area contributed by atoms with Crippen LogP contribution in [0.25, 0.3) is 0 Å². The van der Waals surface area contributed by atoms with Crippen LogP contribution in [0.1, 0.15) is 45.2 Å². The lowest BCUT2D eigenvalue weighted by Gasteiger charge is -2.30. The number of carbonyl (C=O) groups excluding carboxylic acids is 1. The predicted molar refractivity (Wildman–Crippen MR) is 83.3 cm³/mol. The Bertz CT molecular complexity index is 471. The van der Waals surface area contributed by atoms with E-state index >= 15 is 0 Å². The second-order valence-corrected chi connectivity index (χ2v) is 5.31. The number of carbonyl (C=O) groups is 1. The van der Waals surface area contributed by atoms with Gasteiger partial charge in [0.15, 0.2) is 0 Å². The van der Waals surface area contributed by atoms with Crippen molar-refractivity contribution in [3.8, 4) is 5.88 Å². The van der Waals surface area contributed by atoms with Crippen molar-refractivity contribution in [2.24, 2.45) is 11.1 Å². The van der Waals surface area contributed by atoms with Gasteiger partial charge >= 0.3 is 0 Å². The SMILES string of the molecule is CCCC(CN)(CCC)C(=O)Nc1nc(C)cc(OC)n1. The molecule has 0 spiro atoms. The molecule has 0 aliphatic carbocycles. The number of aromatic nitrogens is 2. The molecule has 6 heteroatoms. The highest BCUT2D eigenvalue weighted by atomic mass is 16.5. The van der Waals surface area contributed by atoms with E-state index in [9.17, 15) is 4.79 Å². The Morgan fingerprint density at radius 1 is 1.33 bits per heavy atom. The molecule has 21 heavy (non-hydrogen) atoms. The number of methoxy groups -OCH3 is 1. The first-order chi connectivity index (χ1) is 10.0. The topological polar surface area (TPSA) is 90.1 Å². The number of nitrogens with zero attached hydrogens (tertiary/aromatic N) is 2. The molecule has 0 unspecified atom stereocenters. The summed E-state index contributed by atoms with van der Waals surface area (Å²) in [6.45, 7) is 6.26. The largest absolute Gasteiger partial charge is 0.481 e. The van der Waals surface area contributed by atoms with Gasteiger partial charge in [-0.25, -0.2) is 4.98 Å². The van der Waals surface area contributed by atoms with Crippen LogP contribution in [-0.4, -0.2) is 29.5 Å². The predicted octanol–water partition coefficient (Wildman–Crippen LogP) is 2.28. The first kappa shape index (κ1) is 17.4. The molecule has 0 aromatic carbocycles. The fourth-order valence-corrected chi connectivity index (χ4v) is 2.54. The van der Waals surface area contributed by atoms with E-state index in [1.807, 2.05) is 6.92 Å². The number of anilines is 1. The Labute approximate surface area is 126 Å². The quantitative estimate of drug-likeness (QED) is 0.767. The summed E-state index contributed by atoms with van der Waals surface area (Å²) >= 11 is 0. The number of nitrogens with one attached hydrogen (secondary N) is 1. The average Bonchev–Trinajstić information content (AvgIpc) is 2.46. The van der Waals surface area contributed by atoms with E-state index in [-0.39, 0.29) is 11.9 Å². The van der Waals surface area contributed by atoms with E-state index in [0.717, 1.165) is 31.4 Å². The second kappa shape index (κ2) is 7.93. The van der Waals surface area contributed by atoms with Crippen molar-refractivity contribution in [3.05, 3.63) is 11.8 Å². The number of amides is 1. The molecule has 1 heterocycles. The van der Waals surface area contributed by atoms with Crippen LogP contribution < -0.4 is 15.8 Å². The van der Waals surface area contributed by atoms with Gasteiger partial charge in [-0.2, -0.15) is 4.98 Å². The fourth-order valence-electron chi connectivity index (χ4n) is 2.54. The van der Waals surface area contributed by atoms with Crippen molar-refractivity contribution in [3.63, 3.8) is 0 Å². The highest BCUT2D eigenvalue weighted by molar-refractivity contribution is 5.94. The van der Waals surface area contributed by atoms with Gasteiger partial charge in [-0.1, -0.05) is 26.7 Å². The summed E-state index contributed by atoms with van der Waals surface area (Å²) in [5.41, 5.74) is 6.08. The average molecular weight is 294 g/mol. The highest BCUT2D eigenvalue weighted by Crippen LogP contribution is 2.30. The molecule has 3 N–H and O–H groups in total. The zero-order valence-electron chi connectivity index (χ0n) is 13.4. The third-order valence-electron chi connectivity index (χ3n) is 3.59. The molecule has 1 aromatic heterocycles. The lowest BCUT2D eigenvalue weighted by atomic mass is 9.78. The zero-order valence-corrected chi connectivity index (χ0v) is 13.4. The number of rotatable bonds is 8. The van der Waals surface area contributed by atoms with Crippen molar-refractivity contribution in [1.29, 1.82) is 0 Å². The molecule has 1 rings (SSSR count). The van der Waals surface area contributed by atoms with Gasteiger partial charge in [-0.05, 0) is 19.8 Å². The van der Waals surface area contributed by atoms with Gasteiger partial charge in [0.1, 0.15) is 0 Å². The molecular formula is C15H26N4O2. The molecule has 1 amide bonds. The molecule has 0 saturated carbocycles. The summed E-state index contributed by atoms with van der Waals surface area (Å²) in [4.78, 5) is 21.0. The number of nitrogens with two attached hydrogens (primary N) is 1. The molecule has 0 bridgehead atoms. The van der Waals surface area contributed by atoms with Gasteiger partial charge in [0, 0.05) is 18.3 Å². The third kappa shape index (κ3) is 4.39. The summed E-state index contributed by atoms with van der Waals surface area (Å²) in [6, 6.07) is 1.71. The van der Waals surface area contributed by atoms with Gasteiger partial charge in [0.05, 0.1) is 12.5 Å². The van der Waals surface area contributed by atoms with Crippen LogP contribution in [0.4, 0.5) is 5.95 Å². The normalized spacial score (nSPS) is 11.3. The molecule has 0 fully saturated rings. The molecule has 6 nitrogen and oxygen atoms in total. The van der Waals surface area contributed by atoms with Crippen molar-refractivity contribution >= 4 is 11.9 Å². The molecule has 118 valence electrons. The summed E-state index contributed by atoms with van der Waals surface area (Å²) in [5, 5.41) is 2.80. The fraction of sp³-hybridized carbons (Fsp3) is 0.667. The van der Waals surface area contributed by atoms with Gasteiger partial charge in [0.25, 0.3) is 0 Å². The number of hydrogen-bond donors (Lipinski definition) is 2. The van der Waals surface area contributed by atoms with E-state index in [1.165, 1.54) is 7.11 Å². The van der Waals surface area contributed by atoms with Crippen LogP contribution in [0.5, 0.6) is 5.88 Å². The van der Waals surface area contributed by atoms with Gasteiger partial charge < -0.3 is 10.5 Å². The van der Waals surface area contributed by atoms with Gasteiger partial charge in [0.2, 0.25) is 17.7 Å². The maximum absolute atomic E-state index is 12.6. The first-order valence-electron chi connectivity index (χ1n) is 7.42. The molecule has 0 radical (unpaired) electrons. The summed E-state index contributed by atoms with van der Waals surface area (Å²) in [6.07, 6.45) is 3.32. The lowest BCUT2D eigenvalue weighted by Crippen LogP contribution is -2.42. The number of ether oxygens (including phenoxy) is 1. The third-order valence-corrected chi connectivity index (χ3v) is 3.59. The minimum Gasteiger partial charge on any atom is -0.481 e. The van der Waals surface area contributed by atoms with Crippen LogP contribution in [0, 0.1) is 12.3 Å². The molecule has 0 atom stereocenters. The minimum atomic E-state index is -0.552. The zero-order chi connectivity index (χ0) is 15.9. The number of hydrogen-bond acceptors (Lipinski definition) is 5. The first-order valence-corrected chi connectivity index (χ1v) is 7.42. The van der Waals surface area contributed by atoms with E-state index in [2.05, 4.69) is 29.1 Å². The molecule has 1 aromatic rings. The maximum atomic E-state index is 12.6. The van der Waals surface area contributed by atoms with Crippen molar-refractivity contribution in [2.75, 3.05) is 19.0 Å². The van der Waals surface area contributed by atoms with Crippen LogP contribution in [0.2, 0.25) is 0 Å². The Hall–Kier alpha value is -1.69. The van der Waals surface area contributed by atoms with Crippen molar-refractivity contribution in [2.45, 2.75) is 46.5 Å². The lowest BCUT2D eigenvalue weighted by molar-refractivity contribution is -0.126. The second-order valence-electron chi connectivity index (χ2n) is 5.31. The summed E-state index contributed by atoms with van der Waals surface area (Å²) < 4.78 is 5.10. The molecule has 0 aliphatic heterocycles. The molecule has 0 aliphatic rings. The summed E-state index contributed by atoms with van der Waals surface area (Å²) in [7, 11) is 1.53. The van der Waals surface area contributed by atoms with Crippen LogP contribution in [0.3, 0.4) is 0 Å². The van der Waals surface area contributed by atoms with Crippen LogP contribution in [0.15, 0.2) is 6.07 Å². The molecular weight excluding hydrogens is 268 g/mol. The van der Waals surface area contributed by atoms with Crippen molar-refractivity contribution in [1.82, 2.24) is 9.97 Å². The summed E-state index contributed by atoms with van der Waals surface area (Å²) in [5.74, 6) is 0.588. The molecule has 0 saturated heterocycles. The Morgan fingerprint density at radius 3 is 2.43 bits per heavy atom. The van der Waals surface area contributed by atoms with Crippen LogP contribution in [-0.2, 0) is 4.79 Å². The Kier molecular flexibility index (Phi) is 6.55. The van der Waals surface area contributed by atoms with Gasteiger partial charge in [-0.15, -0.1) is 0 Å². The van der Waals surface area contributed by atoms with E-state index < -0.39 is 5.41 Å². The standard InChI is InChI=1S/C15H26N4O2/c1-5-7-15(10-16,8-6-2)13(20)19-14-17-11(3)9-12(18-14)21-4/h9H,5-8,10,16H2,1-4H3,(H,17,18,19,20).